The van der Waals surface area contributed by atoms with E-state index in [4.69, 9.17) is 5.73 Å². The summed E-state index contributed by atoms with van der Waals surface area (Å²) >= 11 is 0. The van der Waals surface area contributed by atoms with Crippen molar-refractivity contribution in [1.82, 2.24) is 4.31 Å². The van der Waals surface area contributed by atoms with Crippen molar-refractivity contribution in [2.24, 2.45) is 5.92 Å². The van der Waals surface area contributed by atoms with E-state index in [1.165, 1.54) is 0 Å². The second kappa shape index (κ2) is 5.13. The van der Waals surface area contributed by atoms with Crippen molar-refractivity contribution in [2.75, 3.05) is 18.8 Å². The van der Waals surface area contributed by atoms with Crippen LogP contribution in [0.25, 0.3) is 0 Å². The summed E-state index contributed by atoms with van der Waals surface area (Å²) in [6, 6.07) is 3.39. The van der Waals surface area contributed by atoms with E-state index in [2.05, 4.69) is 0 Å². The number of anilines is 1. The number of nitrogens with zero attached hydrogens (tertiary/aromatic N) is 1. The molecule has 2 N–H and O–H groups in total. The van der Waals surface area contributed by atoms with Gasteiger partial charge in [-0.1, -0.05) is 6.92 Å². The summed E-state index contributed by atoms with van der Waals surface area (Å²) in [4.78, 5) is 0.354. The van der Waals surface area contributed by atoms with Crippen molar-refractivity contribution in [3.63, 3.8) is 0 Å². The molecule has 1 aromatic rings. The van der Waals surface area contributed by atoms with Gasteiger partial charge in [-0.25, -0.2) is 8.42 Å². The fourth-order valence-electron chi connectivity index (χ4n) is 2.25. The van der Waals surface area contributed by atoms with Gasteiger partial charge in [-0.05, 0) is 55.9 Å². The van der Waals surface area contributed by atoms with Crippen LogP contribution >= 0.6 is 0 Å². The molecule has 0 heterocycles. The summed E-state index contributed by atoms with van der Waals surface area (Å²) in [6.45, 7) is 6.75. The van der Waals surface area contributed by atoms with Crippen molar-refractivity contribution >= 4 is 15.7 Å². The van der Waals surface area contributed by atoms with E-state index in [1.54, 1.807) is 10.4 Å². The van der Waals surface area contributed by atoms with E-state index < -0.39 is 10.0 Å². The molecule has 0 saturated heterocycles. The molecule has 1 fully saturated rings. The minimum Gasteiger partial charge on any atom is -0.399 e. The number of hydrogen-bond donors (Lipinski definition) is 1. The van der Waals surface area contributed by atoms with E-state index in [-0.39, 0.29) is 0 Å². The lowest BCUT2D eigenvalue weighted by Crippen LogP contribution is -2.33. The number of aryl methyl sites for hydroxylation is 1. The molecular formula is C14H22N2O2S. The lowest BCUT2D eigenvalue weighted by molar-refractivity contribution is 0.411. The largest absolute Gasteiger partial charge is 0.399 e. The predicted molar refractivity (Wildman–Crippen MR) is 77.5 cm³/mol. The van der Waals surface area contributed by atoms with Crippen LogP contribution in [-0.4, -0.2) is 25.8 Å². The molecule has 0 amide bonds. The molecule has 0 aromatic heterocycles. The Morgan fingerprint density at radius 1 is 1.32 bits per heavy atom. The van der Waals surface area contributed by atoms with Crippen molar-refractivity contribution in [2.45, 2.75) is 38.5 Å². The molecule has 0 aliphatic heterocycles. The lowest BCUT2D eigenvalue weighted by atomic mass is 10.1. The zero-order valence-corrected chi connectivity index (χ0v) is 12.6. The average Bonchev–Trinajstić information content (AvgIpc) is 3.14. The Morgan fingerprint density at radius 2 is 1.95 bits per heavy atom. The number of sulfonamides is 1. The van der Waals surface area contributed by atoms with Crippen LogP contribution in [0.5, 0.6) is 0 Å². The van der Waals surface area contributed by atoms with Gasteiger partial charge in [0.05, 0.1) is 4.90 Å². The highest BCUT2D eigenvalue weighted by Crippen LogP contribution is 2.32. The van der Waals surface area contributed by atoms with Crippen molar-refractivity contribution in [3.8, 4) is 0 Å². The van der Waals surface area contributed by atoms with Gasteiger partial charge in [0.25, 0.3) is 0 Å². The van der Waals surface area contributed by atoms with Crippen molar-refractivity contribution < 1.29 is 8.42 Å². The molecule has 2 rings (SSSR count). The third-order valence-electron chi connectivity index (χ3n) is 3.77. The maximum Gasteiger partial charge on any atom is 0.243 e. The average molecular weight is 282 g/mol. The van der Waals surface area contributed by atoms with E-state index in [0.717, 1.165) is 24.0 Å². The second-order valence-corrected chi connectivity index (χ2v) is 7.27. The normalized spacial score (nSPS) is 16.0. The molecule has 1 aliphatic carbocycles. The van der Waals surface area contributed by atoms with Gasteiger partial charge in [-0.3, -0.25) is 0 Å². The monoisotopic (exact) mass is 282 g/mol. The van der Waals surface area contributed by atoms with Gasteiger partial charge in [-0.15, -0.1) is 0 Å². The smallest absolute Gasteiger partial charge is 0.243 e. The molecule has 4 nitrogen and oxygen atoms in total. The predicted octanol–water partition coefficient (Wildman–Crippen LogP) is 2.31. The van der Waals surface area contributed by atoms with Crippen LogP contribution in [0.3, 0.4) is 0 Å². The van der Waals surface area contributed by atoms with Crippen molar-refractivity contribution in [3.05, 3.63) is 23.3 Å². The molecule has 106 valence electrons. The maximum absolute atomic E-state index is 12.7. The summed E-state index contributed by atoms with van der Waals surface area (Å²) in [6.07, 6.45) is 2.28. The highest BCUT2D eigenvalue weighted by Gasteiger charge is 2.31. The highest BCUT2D eigenvalue weighted by molar-refractivity contribution is 7.89. The molecular weight excluding hydrogens is 260 g/mol. The molecule has 5 heteroatoms. The van der Waals surface area contributed by atoms with Gasteiger partial charge in [-0.2, -0.15) is 4.31 Å². The number of rotatable bonds is 5. The summed E-state index contributed by atoms with van der Waals surface area (Å²) in [5.41, 5.74) is 8.01. The minimum absolute atomic E-state index is 0.354. The first-order chi connectivity index (χ1) is 8.86. The second-order valence-electron chi connectivity index (χ2n) is 5.36. The molecule has 0 unspecified atom stereocenters. The van der Waals surface area contributed by atoms with E-state index >= 15 is 0 Å². The van der Waals surface area contributed by atoms with E-state index in [1.807, 2.05) is 26.8 Å². The fraction of sp³-hybridized carbons (Fsp3) is 0.571. The van der Waals surface area contributed by atoms with Crippen LogP contribution in [0.1, 0.15) is 30.9 Å². The first-order valence-electron chi connectivity index (χ1n) is 6.73. The van der Waals surface area contributed by atoms with Crippen LogP contribution in [0.2, 0.25) is 0 Å². The third-order valence-corrected chi connectivity index (χ3v) is 5.84. The van der Waals surface area contributed by atoms with Crippen molar-refractivity contribution in [1.29, 1.82) is 0 Å². The molecule has 0 atom stereocenters. The Morgan fingerprint density at radius 3 is 2.47 bits per heavy atom. The topological polar surface area (TPSA) is 63.4 Å². The summed E-state index contributed by atoms with van der Waals surface area (Å²) in [7, 11) is -3.43. The third kappa shape index (κ3) is 2.92. The van der Waals surface area contributed by atoms with Crippen LogP contribution in [-0.2, 0) is 10.0 Å². The van der Waals surface area contributed by atoms with Crippen LogP contribution in [0, 0.1) is 19.8 Å². The Balaban J connectivity index is 2.42. The molecule has 1 saturated carbocycles. The zero-order chi connectivity index (χ0) is 14.2. The first kappa shape index (κ1) is 14.3. The Kier molecular flexibility index (Phi) is 3.87. The Labute approximate surface area is 115 Å². The Hall–Kier alpha value is -1.07. The molecule has 1 aromatic carbocycles. The first-order valence-corrected chi connectivity index (χ1v) is 8.17. The van der Waals surface area contributed by atoms with Crippen LogP contribution in [0.4, 0.5) is 5.69 Å². The molecule has 0 bridgehead atoms. The maximum atomic E-state index is 12.7. The van der Waals surface area contributed by atoms with E-state index in [9.17, 15) is 8.42 Å². The number of hydrogen-bond acceptors (Lipinski definition) is 3. The van der Waals surface area contributed by atoms with Gasteiger partial charge >= 0.3 is 0 Å². The lowest BCUT2D eigenvalue weighted by Gasteiger charge is -2.22. The molecule has 0 radical (unpaired) electrons. The standard InChI is InChI=1S/C14H22N2O2S/c1-4-16(9-12-5-6-12)19(17,18)14-8-13(15)7-10(2)11(14)3/h7-8,12H,4-6,9,15H2,1-3H3. The SMILES string of the molecule is CCN(CC1CC1)S(=O)(=O)c1cc(N)cc(C)c1C. The quantitative estimate of drug-likeness (QED) is 0.843. The fourth-order valence-corrected chi connectivity index (χ4v) is 4.10. The summed E-state index contributed by atoms with van der Waals surface area (Å²) in [5, 5.41) is 0. The zero-order valence-electron chi connectivity index (χ0n) is 11.8. The highest BCUT2D eigenvalue weighted by atomic mass is 32.2. The minimum atomic E-state index is -3.43. The van der Waals surface area contributed by atoms with Crippen LogP contribution < -0.4 is 5.73 Å². The number of benzene rings is 1. The number of nitrogens with two attached hydrogens (primary N) is 1. The van der Waals surface area contributed by atoms with Crippen LogP contribution in [0.15, 0.2) is 17.0 Å². The molecule has 1 aliphatic rings. The van der Waals surface area contributed by atoms with E-state index in [0.29, 0.717) is 29.6 Å². The van der Waals surface area contributed by atoms with Gasteiger partial charge in [0.2, 0.25) is 10.0 Å². The van der Waals surface area contributed by atoms with Gasteiger partial charge in [0.15, 0.2) is 0 Å². The van der Waals surface area contributed by atoms with Gasteiger partial charge < -0.3 is 5.73 Å². The Bertz CT molecular complexity index is 577. The molecule has 0 spiro atoms. The summed E-state index contributed by atoms with van der Waals surface area (Å²) in [5.74, 6) is 0.539. The summed E-state index contributed by atoms with van der Waals surface area (Å²) < 4.78 is 27.0. The van der Waals surface area contributed by atoms with Gasteiger partial charge in [0, 0.05) is 18.8 Å². The number of nitrogen functional groups attached to an aromatic ring is 1. The van der Waals surface area contributed by atoms with Gasteiger partial charge in [0.1, 0.15) is 0 Å². The molecule has 19 heavy (non-hydrogen) atoms.